The topological polar surface area (TPSA) is 75.4 Å². The molecule has 0 aromatic rings. The second-order valence-corrected chi connectivity index (χ2v) is 4.11. The molecule has 0 aromatic carbocycles. The molecule has 15 heavy (non-hydrogen) atoms. The Kier molecular flexibility index (Phi) is 6.19. The van der Waals surface area contributed by atoms with Gasteiger partial charge in [-0.05, 0) is 13.8 Å². The highest BCUT2D eigenvalue weighted by Gasteiger charge is 2.34. The average Bonchev–Trinajstić information content (AvgIpc) is 2.53. The van der Waals surface area contributed by atoms with Gasteiger partial charge in [-0.2, -0.15) is 0 Å². The van der Waals surface area contributed by atoms with Gasteiger partial charge in [-0.3, -0.25) is 4.48 Å². The Bertz CT molecular complexity index is 187. The van der Waals surface area contributed by atoms with E-state index in [0.29, 0.717) is 0 Å². The summed E-state index contributed by atoms with van der Waals surface area (Å²) < 4.78 is 6.44. The second kappa shape index (κ2) is 6.58. The molecule has 0 aliphatic carbocycles. The van der Waals surface area contributed by atoms with E-state index in [2.05, 4.69) is 13.8 Å². The summed E-state index contributed by atoms with van der Waals surface area (Å²) in [5.41, 5.74) is 0. The van der Waals surface area contributed by atoms with Gasteiger partial charge in [0.25, 0.3) is 0 Å². The third-order valence-corrected chi connectivity index (χ3v) is 2.94. The van der Waals surface area contributed by atoms with Crippen molar-refractivity contribution in [2.45, 2.75) is 32.7 Å². The summed E-state index contributed by atoms with van der Waals surface area (Å²) in [6.45, 7) is 8.11. The maximum atomic E-state index is 8.25. The van der Waals surface area contributed by atoms with E-state index in [-0.39, 0.29) is 0 Å². The molecule has 1 aliphatic heterocycles. The summed E-state index contributed by atoms with van der Waals surface area (Å²) in [6.07, 6.45) is 2.75. The molecule has 6 nitrogen and oxygen atoms in total. The lowest BCUT2D eigenvalue weighted by Crippen LogP contribution is -2.51. The maximum Gasteiger partial charge on any atom is 0.182 e. The molecule has 1 fully saturated rings. The fraction of sp³-hybridized carbons (Fsp3) is 1.00. The average molecular weight is 220 g/mol. The molecule has 0 unspecified atom stereocenters. The van der Waals surface area contributed by atoms with Crippen molar-refractivity contribution in [3.8, 4) is 0 Å². The van der Waals surface area contributed by atoms with Crippen LogP contribution in [0.15, 0.2) is 0 Å². The minimum atomic E-state index is -1.75. The first-order valence-corrected chi connectivity index (χ1v) is 5.11. The molecule has 0 spiro atoms. The van der Waals surface area contributed by atoms with Crippen LogP contribution in [0.1, 0.15) is 26.7 Å². The molecule has 1 rings (SSSR count). The lowest BCUT2D eigenvalue weighted by Gasteiger charge is -2.37. The Morgan fingerprint density at radius 2 is 1.73 bits per heavy atom. The second-order valence-electron chi connectivity index (χ2n) is 4.11. The van der Waals surface area contributed by atoms with Crippen molar-refractivity contribution in [2.24, 2.45) is 0 Å². The van der Waals surface area contributed by atoms with E-state index in [4.69, 9.17) is 20.1 Å². The standard InChI is InChI=1S/C9H20NO.NO3/c1-9(2)10(8-11-3)6-4-5-7-10;2-1(3)4/h9H,4-8H2,1-3H3;/q+1;-1. The summed E-state index contributed by atoms with van der Waals surface area (Å²) in [5.74, 6) is 0. The van der Waals surface area contributed by atoms with Crippen LogP contribution in [0.2, 0.25) is 0 Å². The van der Waals surface area contributed by atoms with Crippen molar-refractivity contribution in [2.75, 3.05) is 26.9 Å². The Labute approximate surface area is 90.1 Å². The van der Waals surface area contributed by atoms with E-state index >= 15 is 0 Å². The molecule has 0 bridgehead atoms. The van der Waals surface area contributed by atoms with Crippen molar-refractivity contribution in [3.63, 3.8) is 0 Å². The van der Waals surface area contributed by atoms with Crippen molar-refractivity contribution >= 4 is 0 Å². The van der Waals surface area contributed by atoms with Crippen molar-refractivity contribution < 1.29 is 14.3 Å². The molecule has 6 heteroatoms. The zero-order valence-electron chi connectivity index (χ0n) is 9.64. The predicted octanol–water partition coefficient (Wildman–Crippen LogP) is 1.37. The van der Waals surface area contributed by atoms with Crippen molar-refractivity contribution in [3.05, 3.63) is 15.3 Å². The van der Waals surface area contributed by atoms with E-state index in [1.54, 1.807) is 7.11 Å². The lowest BCUT2D eigenvalue weighted by molar-refractivity contribution is -0.953. The highest BCUT2D eigenvalue weighted by molar-refractivity contribution is 4.55. The Morgan fingerprint density at radius 3 is 2.00 bits per heavy atom. The summed E-state index contributed by atoms with van der Waals surface area (Å²) in [7, 11) is 1.81. The number of rotatable bonds is 3. The van der Waals surface area contributed by atoms with Gasteiger partial charge in [0.15, 0.2) is 6.73 Å². The Morgan fingerprint density at radius 1 is 1.33 bits per heavy atom. The van der Waals surface area contributed by atoms with Crippen LogP contribution >= 0.6 is 0 Å². The molecule has 0 aromatic heterocycles. The molecule has 0 atom stereocenters. The first-order valence-electron chi connectivity index (χ1n) is 5.11. The Hall–Kier alpha value is -0.880. The highest BCUT2D eigenvalue weighted by atomic mass is 16.9. The normalized spacial score (nSPS) is 18.4. The van der Waals surface area contributed by atoms with E-state index in [1.807, 2.05) is 0 Å². The molecule has 90 valence electrons. The third-order valence-electron chi connectivity index (χ3n) is 2.94. The largest absolute Gasteiger partial charge is 0.356 e. The van der Waals surface area contributed by atoms with E-state index < -0.39 is 5.09 Å². The quantitative estimate of drug-likeness (QED) is 0.409. The molecule has 0 N–H and O–H groups in total. The molecular formula is C9H20N2O4. The van der Waals surface area contributed by atoms with Crippen LogP contribution in [0.5, 0.6) is 0 Å². The van der Waals surface area contributed by atoms with Gasteiger partial charge in [-0.15, -0.1) is 0 Å². The number of ether oxygens (including phenoxy) is 1. The lowest BCUT2D eigenvalue weighted by atomic mass is 10.3. The van der Waals surface area contributed by atoms with Crippen LogP contribution in [-0.2, 0) is 4.74 Å². The highest BCUT2D eigenvalue weighted by Crippen LogP contribution is 2.22. The number of quaternary nitrogens is 1. The first-order chi connectivity index (χ1) is 6.94. The van der Waals surface area contributed by atoms with Crippen LogP contribution in [0.25, 0.3) is 0 Å². The number of methoxy groups -OCH3 is 1. The number of nitrogens with zero attached hydrogens (tertiary/aromatic N) is 2. The van der Waals surface area contributed by atoms with E-state index in [9.17, 15) is 0 Å². The summed E-state index contributed by atoms with van der Waals surface area (Å²) in [5, 5.41) is 14.8. The molecule has 1 heterocycles. The van der Waals surface area contributed by atoms with Gasteiger partial charge in [-0.1, -0.05) is 0 Å². The Balaban J connectivity index is 0.000000423. The van der Waals surface area contributed by atoms with Crippen molar-refractivity contribution in [1.29, 1.82) is 0 Å². The molecule has 0 saturated carbocycles. The van der Waals surface area contributed by atoms with Gasteiger partial charge in [0.1, 0.15) is 0 Å². The molecule has 1 aliphatic rings. The third kappa shape index (κ3) is 4.94. The summed E-state index contributed by atoms with van der Waals surface area (Å²) in [4.78, 5) is 8.25. The monoisotopic (exact) mass is 220 g/mol. The predicted molar refractivity (Wildman–Crippen MR) is 56.6 cm³/mol. The molecular weight excluding hydrogens is 200 g/mol. The van der Waals surface area contributed by atoms with Gasteiger partial charge >= 0.3 is 0 Å². The number of hydrogen-bond donors (Lipinski definition) is 0. The summed E-state index contributed by atoms with van der Waals surface area (Å²) in [6, 6.07) is 0.720. The molecule has 0 radical (unpaired) electrons. The zero-order valence-corrected chi connectivity index (χ0v) is 9.64. The van der Waals surface area contributed by atoms with Crippen LogP contribution < -0.4 is 0 Å². The first kappa shape index (κ1) is 14.1. The summed E-state index contributed by atoms with van der Waals surface area (Å²) >= 11 is 0. The number of hydrogen-bond acceptors (Lipinski definition) is 4. The van der Waals surface area contributed by atoms with Crippen LogP contribution in [0, 0.1) is 15.3 Å². The fourth-order valence-electron chi connectivity index (χ4n) is 2.02. The SMILES string of the molecule is COC[N+]1(C(C)C)CCCC1.O=[N+]([O-])[O-]. The maximum absolute atomic E-state index is 8.25. The molecule has 1 saturated heterocycles. The van der Waals surface area contributed by atoms with Gasteiger partial charge in [0, 0.05) is 20.0 Å². The van der Waals surface area contributed by atoms with Gasteiger partial charge < -0.3 is 20.1 Å². The fourth-order valence-corrected chi connectivity index (χ4v) is 2.02. The van der Waals surface area contributed by atoms with Gasteiger partial charge in [-0.25, -0.2) is 0 Å². The number of likely N-dealkylation sites (tertiary alicyclic amines) is 1. The van der Waals surface area contributed by atoms with E-state index in [1.165, 1.54) is 30.4 Å². The minimum Gasteiger partial charge on any atom is -0.356 e. The zero-order chi connectivity index (χ0) is 11.9. The smallest absolute Gasteiger partial charge is 0.182 e. The van der Waals surface area contributed by atoms with Gasteiger partial charge in [0.05, 0.1) is 24.2 Å². The minimum absolute atomic E-state index is 0.720. The van der Waals surface area contributed by atoms with E-state index in [0.717, 1.165) is 12.8 Å². The van der Waals surface area contributed by atoms with Crippen LogP contribution in [0.4, 0.5) is 0 Å². The molecule has 0 amide bonds. The van der Waals surface area contributed by atoms with Crippen LogP contribution in [-0.4, -0.2) is 42.5 Å². The van der Waals surface area contributed by atoms with Gasteiger partial charge in [0.2, 0.25) is 0 Å². The van der Waals surface area contributed by atoms with Crippen molar-refractivity contribution in [1.82, 2.24) is 0 Å². The van der Waals surface area contributed by atoms with Crippen LogP contribution in [0.3, 0.4) is 0 Å².